The summed E-state index contributed by atoms with van der Waals surface area (Å²) >= 11 is 0. The van der Waals surface area contributed by atoms with Crippen molar-refractivity contribution < 1.29 is 20.4 Å². The van der Waals surface area contributed by atoms with Crippen molar-refractivity contribution in [3.05, 3.63) is 82.4 Å². The third kappa shape index (κ3) is 3.56. The summed E-state index contributed by atoms with van der Waals surface area (Å²) in [4.78, 5) is 0. The Morgan fingerprint density at radius 2 is 0.926 bits per heavy atom. The van der Waals surface area contributed by atoms with Gasteiger partial charge < -0.3 is 20.4 Å². The Labute approximate surface area is 159 Å². The van der Waals surface area contributed by atoms with Crippen LogP contribution in [-0.4, -0.2) is 20.4 Å². The number of aromatic hydroxyl groups is 4. The predicted molar refractivity (Wildman–Crippen MR) is 106 cm³/mol. The molecular formula is C23H24O4. The fraction of sp³-hybridized carbons (Fsp3) is 0.217. The SMILES string of the molecule is Cc1c(O)c(C(C)c2ccc(O)cc2)cc(C(C)c2ccc(O)cc2)c1O. The number of hydrogen-bond acceptors (Lipinski definition) is 4. The van der Waals surface area contributed by atoms with Crippen molar-refractivity contribution in [1.29, 1.82) is 0 Å². The van der Waals surface area contributed by atoms with Crippen LogP contribution in [-0.2, 0) is 0 Å². The smallest absolute Gasteiger partial charge is 0.125 e. The zero-order valence-corrected chi connectivity index (χ0v) is 15.6. The molecular weight excluding hydrogens is 340 g/mol. The van der Waals surface area contributed by atoms with E-state index in [9.17, 15) is 20.4 Å². The standard InChI is InChI=1S/C23H24O4/c1-13(16-4-8-18(24)9-5-16)20-12-21(23(27)15(3)22(20)26)14(2)17-6-10-19(25)11-7-17/h4-14,24-27H,1-3H3. The van der Waals surface area contributed by atoms with Crippen molar-refractivity contribution in [2.45, 2.75) is 32.6 Å². The topological polar surface area (TPSA) is 80.9 Å². The minimum Gasteiger partial charge on any atom is -0.508 e. The first-order valence-electron chi connectivity index (χ1n) is 8.92. The third-order valence-corrected chi connectivity index (χ3v) is 5.29. The number of hydrogen-bond donors (Lipinski definition) is 4. The van der Waals surface area contributed by atoms with Crippen molar-refractivity contribution >= 4 is 0 Å². The molecule has 4 N–H and O–H groups in total. The van der Waals surface area contributed by atoms with Crippen LogP contribution in [0.3, 0.4) is 0 Å². The number of rotatable bonds is 4. The van der Waals surface area contributed by atoms with Crippen molar-refractivity contribution in [3.8, 4) is 23.0 Å². The van der Waals surface area contributed by atoms with E-state index in [0.29, 0.717) is 5.56 Å². The summed E-state index contributed by atoms with van der Waals surface area (Å²) in [6.07, 6.45) is 0. The first-order valence-corrected chi connectivity index (χ1v) is 8.92. The van der Waals surface area contributed by atoms with Gasteiger partial charge in [0.1, 0.15) is 23.0 Å². The van der Waals surface area contributed by atoms with Gasteiger partial charge in [-0.15, -0.1) is 0 Å². The van der Waals surface area contributed by atoms with Gasteiger partial charge in [-0.3, -0.25) is 0 Å². The average Bonchev–Trinajstić information content (AvgIpc) is 2.66. The number of phenolic OH excluding ortho intramolecular Hbond substituents is 4. The highest BCUT2D eigenvalue weighted by molar-refractivity contribution is 5.57. The Kier molecular flexibility index (Phi) is 5.00. The fourth-order valence-electron chi connectivity index (χ4n) is 3.39. The van der Waals surface area contributed by atoms with Crippen LogP contribution in [0.1, 0.15) is 53.5 Å². The fourth-order valence-corrected chi connectivity index (χ4v) is 3.39. The quantitative estimate of drug-likeness (QED) is 0.518. The van der Waals surface area contributed by atoms with Crippen molar-refractivity contribution in [3.63, 3.8) is 0 Å². The normalized spacial score (nSPS) is 13.3. The summed E-state index contributed by atoms with van der Waals surface area (Å²) in [5.74, 6) is 0.313. The molecule has 3 rings (SSSR count). The maximum Gasteiger partial charge on any atom is 0.125 e. The number of benzene rings is 3. The van der Waals surface area contributed by atoms with Gasteiger partial charge in [0.2, 0.25) is 0 Å². The van der Waals surface area contributed by atoms with E-state index < -0.39 is 0 Å². The van der Waals surface area contributed by atoms with E-state index in [4.69, 9.17) is 0 Å². The molecule has 2 atom stereocenters. The first kappa shape index (κ1) is 18.6. The zero-order valence-electron chi connectivity index (χ0n) is 15.6. The number of phenols is 4. The predicted octanol–water partition coefficient (Wildman–Crippen LogP) is 5.12. The molecule has 4 nitrogen and oxygen atoms in total. The molecule has 0 bridgehead atoms. The van der Waals surface area contributed by atoms with E-state index in [0.717, 1.165) is 22.3 Å². The maximum atomic E-state index is 10.6. The van der Waals surface area contributed by atoms with Gasteiger partial charge >= 0.3 is 0 Å². The molecule has 0 aliphatic heterocycles. The van der Waals surface area contributed by atoms with Gasteiger partial charge in [-0.1, -0.05) is 38.1 Å². The summed E-state index contributed by atoms with van der Waals surface area (Å²) in [5, 5.41) is 40.3. The molecule has 2 unspecified atom stereocenters. The Balaban J connectivity index is 2.08. The molecule has 3 aromatic carbocycles. The van der Waals surface area contributed by atoms with Gasteiger partial charge in [-0.05, 0) is 48.4 Å². The summed E-state index contributed by atoms with van der Waals surface area (Å²) < 4.78 is 0. The van der Waals surface area contributed by atoms with Crippen LogP contribution >= 0.6 is 0 Å². The highest BCUT2D eigenvalue weighted by atomic mass is 16.3. The average molecular weight is 364 g/mol. The summed E-state index contributed by atoms with van der Waals surface area (Å²) in [6, 6.07) is 15.6. The minimum absolute atomic E-state index is 0.0785. The van der Waals surface area contributed by atoms with Gasteiger partial charge in [0.25, 0.3) is 0 Å². The summed E-state index contributed by atoms with van der Waals surface area (Å²) in [5.41, 5.74) is 3.79. The van der Waals surface area contributed by atoms with E-state index in [-0.39, 0.29) is 34.8 Å². The highest BCUT2D eigenvalue weighted by Crippen LogP contribution is 2.43. The second-order valence-electron chi connectivity index (χ2n) is 7.00. The second-order valence-corrected chi connectivity index (χ2v) is 7.00. The molecule has 0 heterocycles. The van der Waals surface area contributed by atoms with Crippen molar-refractivity contribution in [2.75, 3.05) is 0 Å². The van der Waals surface area contributed by atoms with E-state index in [1.54, 1.807) is 31.2 Å². The maximum absolute atomic E-state index is 10.6. The van der Waals surface area contributed by atoms with Crippen LogP contribution in [0.2, 0.25) is 0 Å². The molecule has 0 aromatic heterocycles. The van der Waals surface area contributed by atoms with Crippen molar-refractivity contribution in [1.82, 2.24) is 0 Å². The third-order valence-electron chi connectivity index (χ3n) is 5.29. The van der Waals surface area contributed by atoms with Crippen LogP contribution in [0.15, 0.2) is 54.6 Å². The highest BCUT2D eigenvalue weighted by Gasteiger charge is 2.22. The first-order chi connectivity index (χ1) is 12.8. The molecule has 27 heavy (non-hydrogen) atoms. The molecule has 0 radical (unpaired) electrons. The van der Waals surface area contributed by atoms with Crippen LogP contribution in [0, 0.1) is 6.92 Å². The lowest BCUT2D eigenvalue weighted by Gasteiger charge is -2.22. The van der Waals surface area contributed by atoms with Gasteiger partial charge in [0.05, 0.1) is 0 Å². The molecule has 4 heteroatoms. The lowest BCUT2D eigenvalue weighted by atomic mass is 9.84. The van der Waals surface area contributed by atoms with Gasteiger partial charge in [-0.2, -0.15) is 0 Å². The lowest BCUT2D eigenvalue weighted by Crippen LogP contribution is -2.03. The van der Waals surface area contributed by atoms with Gasteiger partial charge in [0.15, 0.2) is 0 Å². The Morgan fingerprint density at radius 1 is 0.593 bits per heavy atom. The largest absolute Gasteiger partial charge is 0.508 e. The Morgan fingerprint density at radius 3 is 1.26 bits per heavy atom. The molecule has 0 fully saturated rings. The molecule has 0 aliphatic rings. The molecule has 0 spiro atoms. The Bertz CT molecular complexity index is 868. The van der Waals surface area contributed by atoms with Crippen LogP contribution in [0.4, 0.5) is 0 Å². The van der Waals surface area contributed by atoms with Crippen LogP contribution in [0.25, 0.3) is 0 Å². The Hall–Kier alpha value is -3.14. The van der Waals surface area contributed by atoms with Crippen LogP contribution in [0.5, 0.6) is 23.0 Å². The molecule has 140 valence electrons. The van der Waals surface area contributed by atoms with E-state index >= 15 is 0 Å². The van der Waals surface area contributed by atoms with E-state index in [1.807, 2.05) is 44.2 Å². The van der Waals surface area contributed by atoms with E-state index in [1.165, 1.54) is 0 Å². The summed E-state index contributed by atoms with van der Waals surface area (Å²) in [7, 11) is 0. The molecule has 0 saturated carbocycles. The van der Waals surface area contributed by atoms with Crippen molar-refractivity contribution in [2.24, 2.45) is 0 Å². The van der Waals surface area contributed by atoms with Gasteiger partial charge in [0, 0.05) is 28.5 Å². The van der Waals surface area contributed by atoms with E-state index in [2.05, 4.69) is 0 Å². The van der Waals surface area contributed by atoms with Gasteiger partial charge in [-0.25, -0.2) is 0 Å². The van der Waals surface area contributed by atoms with Crippen LogP contribution < -0.4 is 0 Å². The minimum atomic E-state index is -0.115. The molecule has 0 saturated heterocycles. The lowest BCUT2D eigenvalue weighted by molar-refractivity contribution is 0.432. The molecule has 0 amide bonds. The molecule has 3 aromatic rings. The zero-order chi connectivity index (χ0) is 19.7. The molecule has 0 aliphatic carbocycles. The summed E-state index contributed by atoms with van der Waals surface area (Å²) in [6.45, 7) is 5.66. The second kappa shape index (κ2) is 7.23. The monoisotopic (exact) mass is 364 g/mol.